The van der Waals surface area contributed by atoms with Crippen molar-refractivity contribution >= 4 is 24.1 Å². The highest BCUT2D eigenvalue weighted by Gasteiger charge is 2.53. The molecular weight excluding hydrogens is 287 g/mol. The Balaban J connectivity index is 1.95. The van der Waals surface area contributed by atoms with Gasteiger partial charge in [0, 0.05) is 22.7 Å². The SMILES string of the molecule is CC1(C)OB(C(F)=Cc2c[nH]c3cccc(F)c23)OC1(C)C. The molecule has 1 aliphatic heterocycles. The molecule has 0 saturated carbocycles. The van der Waals surface area contributed by atoms with Gasteiger partial charge in [0.2, 0.25) is 0 Å². The maximum atomic E-state index is 14.5. The summed E-state index contributed by atoms with van der Waals surface area (Å²) in [5, 5.41) is 0.356. The second-order valence-electron chi connectivity index (χ2n) is 6.52. The summed E-state index contributed by atoms with van der Waals surface area (Å²) in [4.78, 5) is 2.92. The van der Waals surface area contributed by atoms with Crippen LogP contribution in [0, 0.1) is 5.82 Å². The fourth-order valence-electron chi connectivity index (χ4n) is 2.45. The fraction of sp³-hybridized carbons (Fsp3) is 0.375. The smallest absolute Gasteiger partial charge is 0.398 e. The van der Waals surface area contributed by atoms with Crippen molar-refractivity contribution in [2.75, 3.05) is 0 Å². The standard InChI is InChI=1S/C16H18BF2NO2/c1-15(2)16(3,4)22-17(21-15)13(19)8-10-9-20-12-7-5-6-11(18)14(10)12/h5-9,20H,1-4H3. The predicted octanol–water partition coefficient (Wildman–Crippen LogP) is 4.25. The fourth-order valence-corrected chi connectivity index (χ4v) is 2.45. The Morgan fingerprint density at radius 2 is 1.82 bits per heavy atom. The molecule has 1 N–H and O–H groups in total. The average Bonchev–Trinajstić information content (AvgIpc) is 2.90. The molecule has 1 aromatic carbocycles. The highest BCUT2D eigenvalue weighted by atomic mass is 19.1. The van der Waals surface area contributed by atoms with Gasteiger partial charge in [0.15, 0.2) is 0 Å². The third-order valence-corrected chi connectivity index (χ3v) is 4.46. The molecule has 3 nitrogen and oxygen atoms in total. The second-order valence-corrected chi connectivity index (χ2v) is 6.52. The summed E-state index contributed by atoms with van der Waals surface area (Å²) in [7, 11) is -1.08. The van der Waals surface area contributed by atoms with Crippen molar-refractivity contribution in [2.24, 2.45) is 0 Å². The number of aromatic nitrogens is 1. The Hall–Kier alpha value is -1.66. The first-order valence-corrected chi connectivity index (χ1v) is 7.20. The lowest BCUT2D eigenvalue weighted by molar-refractivity contribution is 0.00578. The van der Waals surface area contributed by atoms with Crippen LogP contribution in [-0.2, 0) is 9.31 Å². The summed E-state index contributed by atoms with van der Waals surface area (Å²) in [6.07, 6.45) is 2.82. The quantitative estimate of drug-likeness (QED) is 0.842. The summed E-state index contributed by atoms with van der Waals surface area (Å²) in [6.45, 7) is 7.41. The number of rotatable bonds is 2. The van der Waals surface area contributed by atoms with Crippen LogP contribution in [0.1, 0.15) is 33.3 Å². The number of nitrogens with one attached hydrogen (secondary N) is 1. The molecule has 0 spiro atoms. The van der Waals surface area contributed by atoms with E-state index in [2.05, 4.69) is 4.98 Å². The van der Waals surface area contributed by atoms with Crippen molar-refractivity contribution in [3.05, 3.63) is 41.5 Å². The van der Waals surface area contributed by atoms with Crippen LogP contribution in [-0.4, -0.2) is 23.3 Å². The minimum atomic E-state index is -1.08. The minimum Gasteiger partial charge on any atom is -0.398 e. The Bertz CT molecular complexity index is 736. The predicted molar refractivity (Wildman–Crippen MR) is 83.4 cm³/mol. The summed E-state index contributed by atoms with van der Waals surface area (Å²) in [5.41, 5.74) is -0.765. The molecule has 0 aliphatic carbocycles. The molecule has 0 amide bonds. The number of hydrogen-bond donors (Lipinski definition) is 1. The van der Waals surface area contributed by atoms with E-state index >= 15 is 0 Å². The van der Waals surface area contributed by atoms with Crippen molar-refractivity contribution in [2.45, 2.75) is 38.9 Å². The largest absolute Gasteiger partial charge is 0.525 e. The Morgan fingerprint density at radius 1 is 1.18 bits per heavy atom. The molecule has 0 atom stereocenters. The van der Waals surface area contributed by atoms with Gasteiger partial charge in [-0.15, -0.1) is 0 Å². The number of aromatic amines is 1. The Labute approximate surface area is 128 Å². The van der Waals surface area contributed by atoms with Crippen molar-refractivity contribution < 1.29 is 18.1 Å². The molecule has 22 heavy (non-hydrogen) atoms. The highest BCUT2D eigenvalue weighted by molar-refractivity contribution is 6.54. The zero-order valence-corrected chi connectivity index (χ0v) is 13.0. The van der Waals surface area contributed by atoms with E-state index in [9.17, 15) is 8.78 Å². The summed E-state index contributed by atoms with van der Waals surface area (Å²) in [5.74, 6) is -0.397. The van der Waals surface area contributed by atoms with Gasteiger partial charge in [-0.2, -0.15) is 0 Å². The van der Waals surface area contributed by atoms with E-state index in [4.69, 9.17) is 9.31 Å². The molecule has 2 heterocycles. The molecule has 1 aliphatic rings. The maximum absolute atomic E-state index is 14.5. The third kappa shape index (κ3) is 2.36. The van der Waals surface area contributed by atoms with E-state index in [0.717, 1.165) is 0 Å². The first-order valence-electron chi connectivity index (χ1n) is 7.20. The first-order chi connectivity index (χ1) is 10.2. The number of H-pyrrole nitrogens is 1. The van der Waals surface area contributed by atoms with Crippen molar-refractivity contribution in [3.63, 3.8) is 0 Å². The molecule has 0 unspecified atom stereocenters. The number of benzene rings is 1. The van der Waals surface area contributed by atoms with E-state index in [1.807, 2.05) is 27.7 Å². The molecule has 0 bridgehead atoms. The molecular formula is C16H18BF2NO2. The van der Waals surface area contributed by atoms with Crippen molar-refractivity contribution in [1.29, 1.82) is 0 Å². The molecule has 1 saturated heterocycles. The lowest BCUT2D eigenvalue weighted by Gasteiger charge is -2.32. The lowest BCUT2D eigenvalue weighted by Crippen LogP contribution is -2.41. The summed E-state index contributed by atoms with van der Waals surface area (Å²) < 4.78 is 39.7. The maximum Gasteiger partial charge on any atom is 0.525 e. The van der Waals surface area contributed by atoms with Crippen LogP contribution >= 0.6 is 0 Å². The number of hydrogen-bond acceptors (Lipinski definition) is 2. The highest BCUT2D eigenvalue weighted by Crippen LogP contribution is 2.39. The molecule has 1 aromatic heterocycles. The van der Waals surface area contributed by atoms with Crippen LogP contribution < -0.4 is 0 Å². The van der Waals surface area contributed by atoms with Crippen LogP contribution in [0.2, 0.25) is 0 Å². The van der Waals surface area contributed by atoms with Gasteiger partial charge in [0.1, 0.15) is 11.5 Å². The van der Waals surface area contributed by atoms with Crippen LogP contribution in [0.5, 0.6) is 0 Å². The lowest BCUT2D eigenvalue weighted by atomic mass is 9.87. The minimum absolute atomic E-state index is 0.356. The second kappa shape index (κ2) is 4.93. The van der Waals surface area contributed by atoms with Gasteiger partial charge < -0.3 is 14.3 Å². The molecule has 116 valence electrons. The van der Waals surface area contributed by atoms with Gasteiger partial charge >= 0.3 is 7.12 Å². The van der Waals surface area contributed by atoms with Crippen molar-refractivity contribution in [3.8, 4) is 0 Å². The van der Waals surface area contributed by atoms with Crippen molar-refractivity contribution in [1.82, 2.24) is 4.98 Å². The van der Waals surface area contributed by atoms with E-state index < -0.39 is 29.9 Å². The zero-order chi connectivity index (χ0) is 16.1. The van der Waals surface area contributed by atoms with Crippen LogP contribution in [0.25, 0.3) is 17.0 Å². The summed E-state index contributed by atoms with van der Waals surface area (Å²) >= 11 is 0. The van der Waals surface area contributed by atoms with Gasteiger partial charge in [-0.05, 0) is 45.9 Å². The Kier molecular flexibility index (Phi) is 3.42. The van der Waals surface area contributed by atoms with E-state index in [1.54, 1.807) is 18.3 Å². The molecule has 2 aromatic rings. The number of fused-ring (bicyclic) bond motifs is 1. The van der Waals surface area contributed by atoms with Crippen LogP contribution in [0.15, 0.2) is 30.1 Å². The monoisotopic (exact) mass is 305 g/mol. The molecule has 3 rings (SSSR count). The molecule has 6 heteroatoms. The van der Waals surface area contributed by atoms with E-state index in [0.29, 0.717) is 16.5 Å². The number of halogens is 2. The molecule has 1 fully saturated rings. The van der Waals surface area contributed by atoms with Gasteiger partial charge in [-0.1, -0.05) is 6.07 Å². The topological polar surface area (TPSA) is 34.2 Å². The van der Waals surface area contributed by atoms with E-state index in [1.165, 1.54) is 12.1 Å². The van der Waals surface area contributed by atoms with Crippen LogP contribution in [0.3, 0.4) is 0 Å². The van der Waals surface area contributed by atoms with Gasteiger partial charge in [0.05, 0.1) is 11.2 Å². The zero-order valence-electron chi connectivity index (χ0n) is 13.0. The van der Waals surface area contributed by atoms with E-state index in [-0.39, 0.29) is 0 Å². The Morgan fingerprint density at radius 3 is 2.45 bits per heavy atom. The first kappa shape index (κ1) is 15.2. The third-order valence-electron chi connectivity index (χ3n) is 4.46. The summed E-state index contributed by atoms with van der Waals surface area (Å²) in [6, 6.07) is 4.69. The normalized spacial score (nSPS) is 20.8. The average molecular weight is 305 g/mol. The van der Waals surface area contributed by atoms with Crippen LogP contribution in [0.4, 0.5) is 8.78 Å². The molecule has 0 radical (unpaired) electrons. The van der Waals surface area contributed by atoms with Gasteiger partial charge in [0.25, 0.3) is 0 Å². The van der Waals surface area contributed by atoms with Gasteiger partial charge in [-0.25, -0.2) is 8.78 Å². The van der Waals surface area contributed by atoms with Gasteiger partial charge in [-0.3, -0.25) is 0 Å².